The molecule has 12 nitrogen and oxygen atoms in total. The fourth-order valence-corrected chi connectivity index (χ4v) is 12.7. The van der Waals surface area contributed by atoms with E-state index in [1.54, 1.807) is 46.6 Å². The van der Waals surface area contributed by atoms with Crippen LogP contribution in [0.25, 0.3) is 0 Å². The molecule has 0 radical (unpaired) electrons. The maximum Gasteiger partial charge on any atom is 0.338 e. The van der Waals surface area contributed by atoms with Crippen molar-refractivity contribution in [3.63, 3.8) is 0 Å². The van der Waals surface area contributed by atoms with Gasteiger partial charge in [0, 0.05) is 83.0 Å². The first-order valence-electron chi connectivity index (χ1n) is 17.2. The van der Waals surface area contributed by atoms with Crippen LogP contribution in [0.1, 0.15) is 49.9 Å². The van der Waals surface area contributed by atoms with Gasteiger partial charge in [0.05, 0.1) is 44.7 Å². The molecule has 1 saturated heterocycles. The van der Waals surface area contributed by atoms with Crippen LogP contribution in [0, 0.1) is 34.5 Å². The first-order chi connectivity index (χ1) is 23.0. The minimum Gasteiger partial charge on any atom is -0.493 e. The summed E-state index contributed by atoms with van der Waals surface area (Å²) in [5.74, 6) is -1.32. The van der Waals surface area contributed by atoms with Crippen molar-refractivity contribution in [1.82, 2.24) is 4.90 Å². The molecule has 1 spiro atoms. The molecule has 1 aliphatic heterocycles. The predicted molar refractivity (Wildman–Crippen MR) is 171 cm³/mol. The van der Waals surface area contributed by atoms with E-state index in [9.17, 15) is 14.7 Å². The summed E-state index contributed by atoms with van der Waals surface area (Å²) in [6.07, 6.45) is -0.0408. The summed E-state index contributed by atoms with van der Waals surface area (Å²) in [5, 5.41) is 12.9. The second kappa shape index (κ2) is 11.8. The molecular weight excluding hydrogens is 622 g/mol. The zero-order chi connectivity index (χ0) is 34.4. The Morgan fingerprint density at radius 3 is 2.29 bits per heavy atom. The molecule has 1 heterocycles. The summed E-state index contributed by atoms with van der Waals surface area (Å²) in [6.45, 7) is 5.75. The van der Waals surface area contributed by atoms with E-state index in [1.807, 2.05) is 0 Å². The fraction of sp³-hybridized carbons (Fsp3) is 0.778. The topological polar surface area (TPSA) is 131 Å². The molecular formula is C36H51NO11. The van der Waals surface area contributed by atoms with Crippen molar-refractivity contribution in [1.29, 1.82) is 0 Å². The van der Waals surface area contributed by atoms with Gasteiger partial charge in [-0.05, 0) is 49.9 Å². The maximum absolute atomic E-state index is 14.1. The average molecular weight is 674 g/mol. The van der Waals surface area contributed by atoms with Crippen molar-refractivity contribution in [3.05, 3.63) is 23.8 Å². The fourth-order valence-electron chi connectivity index (χ4n) is 12.7. The number of hydrogen-bond donors (Lipinski definition) is 1. The molecule has 1 aromatic carbocycles. The molecule has 0 amide bonds. The number of hydrogen-bond acceptors (Lipinski definition) is 12. The lowest BCUT2D eigenvalue weighted by molar-refractivity contribution is -0.287. The highest BCUT2D eigenvalue weighted by Gasteiger charge is 2.89. The van der Waals surface area contributed by atoms with E-state index >= 15 is 0 Å². The van der Waals surface area contributed by atoms with Gasteiger partial charge in [-0.2, -0.15) is 0 Å². The summed E-state index contributed by atoms with van der Waals surface area (Å²) in [7, 11) is 9.88. The highest BCUT2D eigenvalue weighted by molar-refractivity contribution is 5.90. The van der Waals surface area contributed by atoms with Crippen LogP contribution in [0.2, 0.25) is 0 Å². The Bertz CT molecular complexity index is 1440. The largest absolute Gasteiger partial charge is 0.493 e. The van der Waals surface area contributed by atoms with E-state index in [1.165, 1.54) is 21.1 Å². The van der Waals surface area contributed by atoms with Crippen LogP contribution in [0.5, 0.6) is 11.5 Å². The van der Waals surface area contributed by atoms with Gasteiger partial charge in [0.25, 0.3) is 0 Å². The first-order valence-corrected chi connectivity index (χ1v) is 17.2. The number of esters is 2. The number of benzene rings is 1. The number of likely N-dealkylation sites (tertiary alicyclic amines) is 1. The minimum absolute atomic E-state index is 0.0139. The van der Waals surface area contributed by atoms with Crippen molar-refractivity contribution in [2.75, 3.05) is 62.4 Å². The minimum atomic E-state index is -1.55. The number of piperidine rings is 1. The summed E-state index contributed by atoms with van der Waals surface area (Å²) in [6, 6.07) is 4.76. The molecule has 7 bridgehead atoms. The van der Waals surface area contributed by atoms with Crippen LogP contribution in [0.15, 0.2) is 18.2 Å². The van der Waals surface area contributed by atoms with E-state index in [0.29, 0.717) is 24.5 Å². The monoisotopic (exact) mass is 673 g/mol. The van der Waals surface area contributed by atoms with Gasteiger partial charge in [-0.25, -0.2) is 4.79 Å². The smallest absolute Gasteiger partial charge is 0.338 e. The quantitative estimate of drug-likeness (QED) is 0.347. The van der Waals surface area contributed by atoms with E-state index in [0.717, 1.165) is 25.9 Å². The maximum atomic E-state index is 14.1. The Morgan fingerprint density at radius 2 is 1.69 bits per heavy atom. The molecule has 1 N–H and O–H groups in total. The van der Waals surface area contributed by atoms with E-state index in [-0.39, 0.29) is 53.4 Å². The lowest BCUT2D eigenvalue weighted by atomic mass is 9.43. The lowest BCUT2D eigenvalue weighted by Crippen LogP contribution is -2.77. The number of carbonyl (C=O) groups excluding carboxylic acids is 2. The molecule has 6 fully saturated rings. The number of nitrogens with zero attached hydrogens (tertiary/aromatic N) is 1. The zero-order valence-electron chi connectivity index (χ0n) is 29.4. The number of methoxy groups -OCH3 is 6. The first kappa shape index (κ1) is 34.0. The van der Waals surface area contributed by atoms with Gasteiger partial charge < -0.3 is 43.0 Å². The summed E-state index contributed by atoms with van der Waals surface area (Å²) < 4.78 is 49.2. The third-order valence-corrected chi connectivity index (χ3v) is 13.6. The van der Waals surface area contributed by atoms with Gasteiger partial charge in [0.2, 0.25) is 0 Å². The number of ether oxygens (including phenoxy) is 8. The molecule has 266 valence electrons. The molecule has 5 saturated carbocycles. The number of carbonyl (C=O) groups is 2. The molecule has 0 aromatic heterocycles. The molecule has 6 aliphatic rings. The highest BCUT2D eigenvalue weighted by atomic mass is 16.6. The number of fused-ring (bicyclic) bond motifs is 2. The number of rotatable bonds is 11. The molecule has 1 aromatic rings. The van der Waals surface area contributed by atoms with Crippen LogP contribution < -0.4 is 9.47 Å². The summed E-state index contributed by atoms with van der Waals surface area (Å²) >= 11 is 0. The van der Waals surface area contributed by atoms with Crippen LogP contribution in [0.4, 0.5) is 0 Å². The molecule has 2 unspecified atom stereocenters. The van der Waals surface area contributed by atoms with Crippen molar-refractivity contribution in [3.8, 4) is 11.5 Å². The standard InChI is InChI=1S/C36H51NO11/c1-9-37-17-33(18-41-3)13-12-24(44-6)36-21-15-34(40)25(45-7)16-35(48-19(2)38,27(30(36)37)28(46-8)29(33)36)26(21)31(34)47-32(39)20-10-11-22(42-4)23(14-20)43-5/h10-11,14,21,24-31,40H,9,12-13,15-18H2,1-8H3/t21-,24+,25+,26-,27?,28+,29-,30?,31-,33+,34+,35-,36+/m1/s1. The van der Waals surface area contributed by atoms with Crippen molar-refractivity contribution >= 4 is 11.9 Å². The van der Waals surface area contributed by atoms with Gasteiger partial charge in [0.1, 0.15) is 17.3 Å². The predicted octanol–water partition coefficient (Wildman–Crippen LogP) is 2.72. The van der Waals surface area contributed by atoms with E-state index in [4.69, 9.17) is 37.9 Å². The number of aliphatic hydroxyl groups is 1. The normalized spacial score (nSPS) is 45.1. The van der Waals surface area contributed by atoms with Gasteiger partial charge in [0.15, 0.2) is 11.5 Å². The molecule has 7 rings (SSSR count). The summed E-state index contributed by atoms with van der Waals surface area (Å²) in [4.78, 5) is 29.9. The van der Waals surface area contributed by atoms with Gasteiger partial charge in [-0.15, -0.1) is 0 Å². The molecule has 5 aliphatic carbocycles. The van der Waals surface area contributed by atoms with Crippen LogP contribution in [0.3, 0.4) is 0 Å². The Morgan fingerprint density at radius 1 is 0.958 bits per heavy atom. The van der Waals surface area contributed by atoms with E-state index in [2.05, 4.69) is 11.8 Å². The Kier molecular flexibility index (Phi) is 8.36. The van der Waals surface area contributed by atoms with E-state index < -0.39 is 46.7 Å². The van der Waals surface area contributed by atoms with Gasteiger partial charge in [-0.3, -0.25) is 9.69 Å². The Hall–Kier alpha value is -2.48. The Labute approximate surface area is 282 Å². The SMILES string of the molecule is CCN1C[C@]2(COC)CC[C@H](OC)[C@]34C1C([C@H](OC)[C@H]23)[C@@]1(OC(C)=O)C[C@H](OC)[C@@]2(O)C[C@@H]4[C@@H]1[C@H]2OC(=O)c1ccc(OC)c(OC)c1. The van der Waals surface area contributed by atoms with Crippen LogP contribution in [-0.2, 0) is 33.2 Å². The average Bonchev–Trinajstić information content (AvgIpc) is 3.45. The molecule has 48 heavy (non-hydrogen) atoms. The molecule has 12 heteroatoms. The van der Waals surface area contributed by atoms with Crippen LogP contribution >= 0.6 is 0 Å². The third-order valence-electron chi connectivity index (χ3n) is 13.6. The van der Waals surface area contributed by atoms with Crippen LogP contribution in [-0.4, -0.2) is 126 Å². The second-order valence-corrected chi connectivity index (χ2v) is 15.0. The van der Waals surface area contributed by atoms with Crippen molar-refractivity contribution < 1.29 is 52.6 Å². The van der Waals surface area contributed by atoms with Gasteiger partial charge in [-0.1, -0.05) is 6.92 Å². The zero-order valence-corrected chi connectivity index (χ0v) is 29.4. The summed E-state index contributed by atoms with van der Waals surface area (Å²) in [5.41, 5.74) is -3.23. The third kappa shape index (κ3) is 4.10. The van der Waals surface area contributed by atoms with Gasteiger partial charge >= 0.3 is 11.9 Å². The lowest BCUT2D eigenvalue weighted by Gasteiger charge is -2.69. The van der Waals surface area contributed by atoms with Crippen molar-refractivity contribution in [2.24, 2.45) is 34.5 Å². The Balaban J connectivity index is 1.45. The second-order valence-electron chi connectivity index (χ2n) is 15.0. The highest BCUT2D eigenvalue weighted by Crippen LogP contribution is 2.80. The van der Waals surface area contributed by atoms with Crippen molar-refractivity contribution in [2.45, 2.75) is 81.2 Å². The molecule has 13 atom stereocenters.